The highest BCUT2D eigenvalue weighted by Crippen LogP contribution is 2.61. The number of aliphatic hydroxyl groups is 1. The number of nitrogens with one attached hydrogen (secondary N) is 3. The number of aromatic nitrogens is 3. The number of rotatable bonds is 7. The Kier molecular flexibility index (Phi) is 7.82. The van der Waals surface area contributed by atoms with Crippen LogP contribution in [0.4, 0.5) is 5.69 Å². The van der Waals surface area contributed by atoms with Crippen LogP contribution in [0.25, 0.3) is 44.9 Å². The van der Waals surface area contributed by atoms with Gasteiger partial charge in [0.05, 0.1) is 17.9 Å². The third kappa shape index (κ3) is 5.01. The average Bonchev–Trinajstić information content (AvgIpc) is 4.02. The average molecular weight is 791 g/mol. The van der Waals surface area contributed by atoms with Gasteiger partial charge in [-0.15, -0.1) is 0 Å². The smallest absolute Gasteiger partial charge is 0.384 e. The molecule has 1 spiro atoms. The molecule has 6 aromatic rings. The van der Waals surface area contributed by atoms with Crippen LogP contribution in [-0.2, 0) is 26.0 Å². The molecule has 0 saturated heterocycles. The lowest BCUT2D eigenvalue weighted by Gasteiger charge is -2.30. The van der Waals surface area contributed by atoms with Crippen molar-refractivity contribution in [3.63, 3.8) is 0 Å². The number of para-hydroxylation sites is 1. The maximum absolute atomic E-state index is 14.3. The summed E-state index contributed by atoms with van der Waals surface area (Å²) in [6, 6.07) is 15.5. The van der Waals surface area contributed by atoms with Crippen molar-refractivity contribution in [3.05, 3.63) is 95.3 Å². The Morgan fingerprint density at radius 1 is 1.09 bits per heavy atom. The molecule has 15 nitrogen and oxygen atoms in total. The summed E-state index contributed by atoms with van der Waals surface area (Å²) in [5.74, 6) is 0.343. The third-order valence-corrected chi connectivity index (χ3v) is 12.3. The van der Waals surface area contributed by atoms with Gasteiger partial charge in [-0.25, -0.2) is 14.5 Å². The van der Waals surface area contributed by atoms with Crippen LogP contribution in [0, 0.1) is 5.92 Å². The number of fused-ring (bicyclic) bond motifs is 7. The number of hydrogen-bond donors (Lipinski definition) is 5. The molecule has 0 radical (unpaired) electrons. The van der Waals surface area contributed by atoms with Gasteiger partial charge in [0.15, 0.2) is 23.4 Å². The van der Waals surface area contributed by atoms with Crippen molar-refractivity contribution < 1.29 is 42.3 Å². The second-order valence-electron chi connectivity index (χ2n) is 15.4. The van der Waals surface area contributed by atoms with Gasteiger partial charge in [0.1, 0.15) is 28.8 Å². The quantitative estimate of drug-likeness (QED) is 0.125. The second kappa shape index (κ2) is 12.6. The number of carbonyl (C=O) groups excluding carboxylic acids is 2. The van der Waals surface area contributed by atoms with Gasteiger partial charge in [0, 0.05) is 39.7 Å². The van der Waals surface area contributed by atoms with Crippen LogP contribution in [0.5, 0.6) is 5.75 Å². The lowest BCUT2D eigenvalue weighted by atomic mass is 9.72. The molecule has 0 fully saturated rings. The Morgan fingerprint density at radius 3 is 2.65 bits per heavy atom. The van der Waals surface area contributed by atoms with Crippen molar-refractivity contribution in [1.29, 1.82) is 0 Å². The minimum atomic E-state index is -3.39. The zero-order valence-electron chi connectivity index (χ0n) is 31.4. The minimum absolute atomic E-state index is 0.118. The van der Waals surface area contributed by atoms with E-state index in [1.807, 2.05) is 62.4 Å². The van der Waals surface area contributed by atoms with E-state index in [0.717, 1.165) is 33.5 Å². The summed E-state index contributed by atoms with van der Waals surface area (Å²) < 4.78 is 39.1. The van der Waals surface area contributed by atoms with Gasteiger partial charge >= 0.3 is 8.25 Å². The van der Waals surface area contributed by atoms with E-state index in [9.17, 15) is 24.2 Å². The molecule has 57 heavy (non-hydrogen) atoms. The van der Waals surface area contributed by atoms with Crippen LogP contribution in [0.3, 0.4) is 0 Å². The van der Waals surface area contributed by atoms with E-state index >= 15 is 0 Å². The highest BCUT2D eigenvalue weighted by molar-refractivity contribution is 7.32. The second-order valence-corrected chi connectivity index (χ2v) is 16.1. The Bertz CT molecular complexity index is 2700. The van der Waals surface area contributed by atoms with Crippen molar-refractivity contribution in [2.75, 3.05) is 5.32 Å². The van der Waals surface area contributed by atoms with E-state index in [2.05, 4.69) is 16.0 Å². The summed E-state index contributed by atoms with van der Waals surface area (Å²) in [5.41, 5.74) is 3.29. The number of anilines is 1. The van der Waals surface area contributed by atoms with Gasteiger partial charge < -0.3 is 44.1 Å². The first kappa shape index (κ1) is 35.5. The summed E-state index contributed by atoms with van der Waals surface area (Å²) >= 11 is 0. The Morgan fingerprint density at radius 2 is 1.88 bits per heavy atom. The molecule has 0 aliphatic carbocycles. The van der Waals surface area contributed by atoms with Crippen molar-refractivity contribution in [2.45, 2.75) is 76.3 Å². The normalized spacial score (nSPS) is 21.8. The zero-order chi connectivity index (χ0) is 39.5. The Balaban J connectivity index is 1.27. The van der Waals surface area contributed by atoms with Crippen LogP contribution in [0.1, 0.15) is 74.9 Å². The van der Waals surface area contributed by atoms with Gasteiger partial charge in [-0.05, 0) is 42.0 Å². The molecule has 4 aliphatic rings. The number of carbonyl (C=O) groups is 2. The molecule has 4 unspecified atom stereocenters. The number of benzene rings is 3. The molecule has 292 valence electrons. The van der Waals surface area contributed by atoms with E-state index in [4.69, 9.17) is 28.2 Å². The highest BCUT2D eigenvalue weighted by atomic mass is 31.1. The van der Waals surface area contributed by atoms with Gasteiger partial charge in [-0.1, -0.05) is 70.2 Å². The fourth-order valence-electron chi connectivity index (χ4n) is 8.95. The number of hydrogen-bond acceptors (Lipinski definition) is 11. The molecule has 5 atom stereocenters. The molecule has 4 aliphatic heterocycles. The Labute approximate surface area is 326 Å². The van der Waals surface area contributed by atoms with Gasteiger partial charge in [-0.3, -0.25) is 9.59 Å². The molecule has 7 heterocycles. The minimum Gasteiger partial charge on any atom is -0.469 e. The lowest BCUT2D eigenvalue weighted by Crippen LogP contribution is -2.55. The molecule has 10 rings (SSSR count). The fraction of sp³-hybridized carbons (Fsp3) is 0.317. The molecule has 16 heteroatoms. The first-order valence-corrected chi connectivity index (χ1v) is 20.3. The maximum Gasteiger partial charge on any atom is 0.384 e. The van der Waals surface area contributed by atoms with Crippen LogP contribution < -0.4 is 25.3 Å². The van der Waals surface area contributed by atoms with Crippen molar-refractivity contribution in [3.8, 4) is 39.8 Å². The fourth-order valence-corrected chi connectivity index (χ4v) is 9.27. The van der Waals surface area contributed by atoms with Crippen LogP contribution >= 0.6 is 8.25 Å². The van der Waals surface area contributed by atoms with Gasteiger partial charge in [0.2, 0.25) is 17.7 Å². The molecule has 5 N–H and O–H groups in total. The van der Waals surface area contributed by atoms with Gasteiger partial charge in [-0.2, -0.15) is 4.73 Å². The molecular formula is C41H39N6O9P. The molecule has 10 bridgehead atoms. The third-order valence-electron chi connectivity index (χ3n) is 12.0. The topological polar surface area (TPSA) is 203 Å². The van der Waals surface area contributed by atoms with E-state index in [0.29, 0.717) is 39.4 Å². The standard InChI is InChI=1S/C41H39N6O9P/c1-5-40(50,6-2)38(49)43-26-16-20-13-14-28-25(15-20)41-24-11-7-10-22(32(24)46-39(41)54-28)21-9-8-12-27-30(21)23(18-47(27)56-57(51)52)29-17-42-36(53-29)33-34(41)55-37(45-33)31(19(3)4)44-35(26)48/h7-15,17-19,26,31,39,46,50,57H,5-6,16H2,1-4H3,(H,43,49)(H,44,48)(H,51,52)/t26-,31?,39?,41?/m0/s1. The van der Waals surface area contributed by atoms with Crippen LogP contribution in [0.15, 0.2) is 75.8 Å². The predicted octanol–water partition coefficient (Wildman–Crippen LogP) is 5.63. The number of amides is 2. The van der Waals surface area contributed by atoms with Crippen LogP contribution in [-0.4, -0.2) is 54.4 Å². The maximum atomic E-state index is 14.3. The van der Waals surface area contributed by atoms with Crippen LogP contribution in [0.2, 0.25) is 0 Å². The summed E-state index contributed by atoms with van der Waals surface area (Å²) in [5, 5.41) is 21.5. The van der Waals surface area contributed by atoms with E-state index in [-0.39, 0.29) is 37.0 Å². The molecule has 2 amide bonds. The first-order valence-electron chi connectivity index (χ1n) is 19.0. The first-order chi connectivity index (χ1) is 27.4. The lowest BCUT2D eigenvalue weighted by molar-refractivity contribution is -0.143. The van der Waals surface area contributed by atoms with Crippen molar-refractivity contribution in [1.82, 2.24) is 25.3 Å². The van der Waals surface area contributed by atoms with Crippen molar-refractivity contribution in [2.24, 2.45) is 5.92 Å². The zero-order valence-corrected chi connectivity index (χ0v) is 32.4. The summed E-state index contributed by atoms with van der Waals surface area (Å²) in [4.78, 5) is 47.5. The van der Waals surface area contributed by atoms with E-state index < -0.39 is 49.4 Å². The molecule has 3 aromatic heterocycles. The molecule has 3 aromatic carbocycles. The van der Waals surface area contributed by atoms with Crippen molar-refractivity contribution >= 4 is 36.7 Å². The number of ether oxygens (including phenoxy) is 1. The molecule has 0 saturated carbocycles. The largest absolute Gasteiger partial charge is 0.469 e. The SMILES string of the molecule is CCC(O)(CC)C(=O)N[C@H]1Cc2ccc3c(c2)C24c5cccc(c5NC2O3)-c2cccc3c2c(cn3O[PH](=O)O)-c2cnc(o2)-c2nc(oc24)C(C(C)C)NC1=O. The summed E-state index contributed by atoms with van der Waals surface area (Å²) in [7, 11) is -3.39. The predicted molar refractivity (Wildman–Crippen MR) is 207 cm³/mol. The number of oxazole rings is 2. The van der Waals surface area contributed by atoms with E-state index in [1.165, 1.54) is 4.73 Å². The van der Waals surface area contributed by atoms with Gasteiger partial charge in [0.25, 0.3) is 5.91 Å². The summed E-state index contributed by atoms with van der Waals surface area (Å²) in [6.07, 6.45) is 2.90. The monoisotopic (exact) mass is 790 g/mol. The summed E-state index contributed by atoms with van der Waals surface area (Å²) in [6.45, 7) is 7.33. The number of nitrogens with zero attached hydrogens (tertiary/aromatic N) is 3. The Hall–Kier alpha value is -5.89. The van der Waals surface area contributed by atoms with E-state index in [1.54, 1.807) is 32.3 Å². The molecular weight excluding hydrogens is 751 g/mol. The highest BCUT2D eigenvalue weighted by Gasteiger charge is 2.61.